The second-order valence-electron chi connectivity index (χ2n) is 5.13. The van der Waals surface area contributed by atoms with Crippen molar-refractivity contribution in [3.63, 3.8) is 0 Å². The number of nitrogens with one attached hydrogen (secondary N) is 1. The van der Waals surface area contributed by atoms with Gasteiger partial charge in [0, 0.05) is 13.7 Å². The third-order valence-electron chi connectivity index (χ3n) is 3.49. The molecular formula is C18H23NO. The third kappa shape index (κ3) is 3.69. The van der Waals surface area contributed by atoms with Crippen molar-refractivity contribution in [1.82, 2.24) is 5.32 Å². The van der Waals surface area contributed by atoms with E-state index in [1.165, 1.54) is 27.8 Å². The lowest BCUT2D eigenvalue weighted by Gasteiger charge is -2.11. The van der Waals surface area contributed by atoms with Crippen molar-refractivity contribution in [2.24, 2.45) is 0 Å². The van der Waals surface area contributed by atoms with Gasteiger partial charge < -0.3 is 10.1 Å². The fraction of sp³-hybridized carbons (Fsp3) is 0.333. The van der Waals surface area contributed by atoms with Gasteiger partial charge in [-0.2, -0.15) is 0 Å². The Labute approximate surface area is 121 Å². The zero-order valence-corrected chi connectivity index (χ0v) is 12.6. The van der Waals surface area contributed by atoms with Gasteiger partial charge in [0.25, 0.3) is 0 Å². The van der Waals surface area contributed by atoms with Crippen LogP contribution in [0.3, 0.4) is 0 Å². The van der Waals surface area contributed by atoms with Crippen molar-refractivity contribution >= 4 is 0 Å². The Hall–Kier alpha value is -1.64. The molecule has 20 heavy (non-hydrogen) atoms. The summed E-state index contributed by atoms with van der Waals surface area (Å²) in [6, 6.07) is 15.4. The van der Waals surface area contributed by atoms with Gasteiger partial charge in [0.05, 0.1) is 6.61 Å². The molecule has 2 aromatic carbocycles. The normalized spacial score (nSPS) is 10.8. The van der Waals surface area contributed by atoms with Crippen LogP contribution in [0, 0.1) is 6.92 Å². The van der Waals surface area contributed by atoms with Crippen molar-refractivity contribution in [3.8, 4) is 11.1 Å². The Bertz CT molecular complexity index is 546. The van der Waals surface area contributed by atoms with Crippen LogP contribution >= 0.6 is 0 Å². The van der Waals surface area contributed by atoms with E-state index in [2.05, 4.69) is 54.7 Å². The first kappa shape index (κ1) is 14.8. The summed E-state index contributed by atoms with van der Waals surface area (Å²) in [5.41, 5.74) is 6.54. The highest BCUT2D eigenvalue weighted by Gasteiger charge is 2.05. The lowest BCUT2D eigenvalue weighted by atomic mass is 9.96. The van der Waals surface area contributed by atoms with Gasteiger partial charge in [-0.25, -0.2) is 0 Å². The molecule has 0 unspecified atom stereocenters. The van der Waals surface area contributed by atoms with Gasteiger partial charge in [-0.1, -0.05) is 48.0 Å². The lowest BCUT2D eigenvalue weighted by Crippen LogP contribution is -2.06. The van der Waals surface area contributed by atoms with Crippen LogP contribution in [-0.4, -0.2) is 20.8 Å². The maximum absolute atomic E-state index is 5.12. The summed E-state index contributed by atoms with van der Waals surface area (Å²) in [5, 5.41) is 3.24. The van der Waals surface area contributed by atoms with Crippen LogP contribution in [0.1, 0.15) is 16.7 Å². The Morgan fingerprint density at radius 1 is 1.05 bits per heavy atom. The number of ether oxygens (including phenoxy) is 1. The Kier molecular flexibility index (Phi) is 5.33. The van der Waals surface area contributed by atoms with E-state index in [0.29, 0.717) is 0 Å². The molecule has 0 heterocycles. The smallest absolute Gasteiger partial charge is 0.0502 e. The SMILES string of the molecule is CNCc1ccc(C)cc1-c1ccc(CCOC)cc1. The van der Waals surface area contributed by atoms with Crippen LogP contribution in [0.25, 0.3) is 11.1 Å². The molecule has 0 bridgehead atoms. The number of benzene rings is 2. The first-order chi connectivity index (χ1) is 9.74. The zero-order valence-electron chi connectivity index (χ0n) is 12.6. The molecule has 0 spiro atoms. The second-order valence-corrected chi connectivity index (χ2v) is 5.13. The largest absolute Gasteiger partial charge is 0.384 e. The average Bonchev–Trinajstić information content (AvgIpc) is 2.48. The highest BCUT2D eigenvalue weighted by molar-refractivity contribution is 5.68. The first-order valence-corrected chi connectivity index (χ1v) is 7.07. The molecule has 2 aromatic rings. The number of hydrogen-bond donors (Lipinski definition) is 1. The number of hydrogen-bond acceptors (Lipinski definition) is 2. The van der Waals surface area contributed by atoms with E-state index in [4.69, 9.17) is 4.74 Å². The van der Waals surface area contributed by atoms with E-state index in [0.717, 1.165) is 19.6 Å². The van der Waals surface area contributed by atoms with Crippen LogP contribution in [0.2, 0.25) is 0 Å². The van der Waals surface area contributed by atoms with E-state index in [-0.39, 0.29) is 0 Å². The molecule has 0 saturated heterocycles. The molecule has 2 heteroatoms. The summed E-state index contributed by atoms with van der Waals surface area (Å²) in [5.74, 6) is 0. The minimum atomic E-state index is 0.773. The molecule has 0 amide bonds. The lowest BCUT2D eigenvalue weighted by molar-refractivity contribution is 0.202. The van der Waals surface area contributed by atoms with E-state index < -0.39 is 0 Å². The molecule has 0 aliphatic heterocycles. The molecule has 0 aromatic heterocycles. The molecule has 0 fully saturated rings. The predicted octanol–water partition coefficient (Wildman–Crippen LogP) is 3.57. The summed E-state index contributed by atoms with van der Waals surface area (Å²) >= 11 is 0. The molecular weight excluding hydrogens is 246 g/mol. The van der Waals surface area contributed by atoms with Crippen molar-refractivity contribution in [2.75, 3.05) is 20.8 Å². The van der Waals surface area contributed by atoms with E-state index in [9.17, 15) is 0 Å². The second kappa shape index (κ2) is 7.22. The topological polar surface area (TPSA) is 21.3 Å². The minimum absolute atomic E-state index is 0.773. The van der Waals surface area contributed by atoms with Crippen LogP contribution in [0.15, 0.2) is 42.5 Å². The molecule has 2 nitrogen and oxygen atoms in total. The van der Waals surface area contributed by atoms with Crippen LogP contribution < -0.4 is 5.32 Å². The monoisotopic (exact) mass is 269 g/mol. The van der Waals surface area contributed by atoms with E-state index in [1.807, 2.05) is 7.05 Å². The van der Waals surface area contributed by atoms with E-state index in [1.54, 1.807) is 7.11 Å². The summed E-state index contributed by atoms with van der Waals surface area (Å²) in [4.78, 5) is 0. The molecule has 0 radical (unpaired) electrons. The van der Waals surface area contributed by atoms with Crippen molar-refractivity contribution in [1.29, 1.82) is 0 Å². The summed E-state index contributed by atoms with van der Waals surface area (Å²) in [7, 11) is 3.72. The maximum Gasteiger partial charge on any atom is 0.0502 e. The molecule has 0 atom stereocenters. The predicted molar refractivity (Wildman–Crippen MR) is 85.0 cm³/mol. The van der Waals surface area contributed by atoms with Gasteiger partial charge in [0.15, 0.2) is 0 Å². The Morgan fingerprint density at radius 2 is 1.80 bits per heavy atom. The van der Waals surface area contributed by atoms with Gasteiger partial charge >= 0.3 is 0 Å². The maximum atomic E-state index is 5.12. The van der Waals surface area contributed by atoms with Crippen molar-refractivity contribution in [2.45, 2.75) is 19.9 Å². The number of aryl methyl sites for hydroxylation is 1. The van der Waals surface area contributed by atoms with Crippen molar-refractivity contribution < 1.29 is 4.74 Å². The summed E-state index contributed by atoms with van der Waals surface area (Å²) < 4.78 is 5.12. The molecule has 0 aliphatic carbocycles. The molecule has 106 valence electrons. The Balaban J connectivity index is 2.28. The average molecular weight is 269 g/mol. The zero-order chi connectivity index (χ0) is 14.4. The first-order valence-electron chi connectivity index (χ1n) is 7.07. The molecule has 1 N–H and O–H groups in total. The molecule has 2 rings (SSSR count). The van der Waals surface area contributed by atoms with Gasteiger partial charge in [0.2, 0.25) is 0 Å². The van der Waals surface area contributed by atoms with Gasteiger partial charge in [0.1, 0.15) is 0 Å². The van der Waals surface area contributed by atoms with Crippen LogP contribution in [0.4, 0.5) is 0 Å². The highest BCUT2D eigenvalue weighted by Crippen LogP contribution is 2.25. The highest BCUT2D eigenvalue weighted by atomic mass is 16.5. The van der Waals surface area contributed by atoms with Gasteiger partial charge in [-0.15, -0.1) is 0 Å². The van der Waals surface area contributed by atoms with Gasteiger partial charge in [-0.05, 0) is 42.6 Å². The quantitative estimate of drug-likeness (QED) is 0.865. The molecule has 0 saturated carbocycles. The minimum Gasteiger partial charge on any atom is -0.384 e. The van der Waals surface area contributed by atoms with Crippen LogP contribution in [-0.2, 0) is 17.7 Å². The Morgan fingerprint density at radius 3 is 2.45 bits per heavy atom. The fourth-order valence-corrected chi connectivity index (χ4v) is 2.37. The summed E-state index contributed by atoms with van der Waals surface area (Å²) in [6.07, 6.45) is 0.966. The fourth-order valence-electron chi connectivity index (χ4n) is 2.37. The standard InChI is InChI=1S/C18H23NO/c1-14-4-7-17(13-19-2)18(12-14)16-8-5-15(6-9-16)10-11-20-3/h4-9,12,19H,10-11,13H2,1-3H3. The third-order valence-corrected chi connectivity index (χ3v) is 3.49. The van der Waals surface area contributed by atoms with Crippen molar-refractivity contribution in [3.05, 3.63) is 59.2 Å². The van der Waals surface area contributed by atoms with Crippen LogP contribution in [0.5, 0.6) is 0 Å². The number of rotatable bonds is 6. The van der Waals surface area contributed by atoms with Gasteiger partial charge in [-0.3, -0.25) is 0 Å². The molecule has 0 aliphatic rings. The van der Waals surface area contributed by atoms with E-state index >= 15 is 0 Å². The number of methoxy groups -OCH3 is 1. The summed E-state index contributed by atoms with van der Waals surface area (Å²) in [6.45, 7) is 3.80.